The van der Waals surface area contributed by atoms with Gasteiger partial charge in [-0.3, -0.25) is 4.79 Å². The zero-order valence-corrected chi connectivity index (χ0v) is 15.7. The number of carboxylic acids is 1. The first-order valence-corrected chi connectivity index (χ1v) is 8.78. The van der Waals surface area contributed by atoms with Gasteiger partial charge in [0, 0.05) is 5.56 Å². The van der Waals surface area contributed by atoms with Gasteiger partial charge in [-0.2, -0.15) is 0 Å². The van der Waals surface area contributed by atoms with Gasteiger partial charge in [-0.25, -0.2) is 0 Å². The lowest BCUT2D eigenvalue weighted by Gasteiger charge is -2.23. The van der Waals surface area contributed by atoms with Crippen LogP contribution < -0.4 is 9.47 Å². The van der Waals surface area contributed by atoms with Gasteiger partial charge < -0.3 is 24.1 Å². The fourth-order valence-corrected chi connectivity index (χ4v) is 2.79. The highest BCUT2D eigenvalue weighted by molar-refractivity contribution is 5.80. The highest BCUT2D eigenvalue weighted by Gasteiger charge is 2.31. The van der Waals surface area contributed by atoms with Crippen molar-refractivity contribution in [2.75, 3.05) is 20.3 Å². The molecule has 0 amide bonds. The van der Waals surface area contributed by atoms with E-state index in [0.717, 1.165) is 16.9 Å². The second-order valence-corrected chi connectivity index (χ2v) is 6.89. The average molecular weight is 372 g/mol. The Hall–Kier alpha value is -2.57. The second-order valence-electron chi connectivity index (χ2n) is 6.89. The molecule has 0 saturated carbocycles. The number of ether oxygens (including phenoxy) is 4. The highest BCUT2D eigenvalue weighted by atomic mass is 16.7. The number of rotatable bonds is 7. The molecule has 0 aromatic heterocycles. The van der Waals surface area contributed by atoms with Gasteiger partial charge in [-0.15, -0.1) is 0 Å². The summed E-state index contributed by atoms with van der Waals surface area (Å²) in [5, 5.41) is 9.52. The maximum atomic E-state index is 11.6. The molecule has 0 bridgehead atoms. The Kier molecular flexibility index (Phi) is 5.68. The molecule has 6 nitrogen and oxygen atoms in total. The average Bonchev–Trinajstić information content (AvgIpc) is 3.21. The summed E-state index contributed by atoms with van der Waals surface area (Å²) in [6, 6.07) is 12.9. The lowest BCUT2D eigenvalue weighted by atomic mass is 9.84. The molecule has 1 aliphatic heterocycles. The Morgan fingerprint density at radius 2 is 1.81 bits per heavy atom. The normalized spacial score (nSPS) is 14.9. The van der Waals surface area contributed by atoms with Crippen molar-refractivity contribution in [3.05, 3.63) is 59.2 Å². The summed E-state index contributed by atoms with van der Waals surface area (Å²) in [5.74, 6) is 0.437. The van der Waals surface area contributed by atoms with Gasteiger partial charge in [-0.1, -0.05) is 18.2 Å². The van der Waals surface area contributed by atoms with Crippen molar-refractivity contribution in [2.45, 2.75) is 32.2 Å². The molecule has 6 heteroatoms. The monoisotopic (exact) mass is 372 g/mol. The van der Waals surface area contributed by atoms with Crippen LogP contribution in [0.3, 0.4) is 0 Å². The first-order chi connectivity index (χ1) is 12.9. The molecule has 0 aliphatic carbocycles. The fourth-order valence-electron chi connectivity index (χ4n) is 2.79. The summed E-state index contributed by atoms with van der Waals surface area (Å²) >= 11 is 0. The molecule has 0 unspecified atom stereocenters. The van der Waals surface area contributed by atoms with Crippen molar-refractivity contribution in [1.29, 1.82) is 0 Å². The highest BCUT2D eigenvalue weighted by Crippen LogP contribution is 2.36. The Bertz CT molecular complexity index is 791. The van der Waals surface area contributed by atoms with Gasteiger partial charge >= 0.3 is 5.97 Å². The van der Waals surface area contributed by atoms with Gasteiger partial charge in [0.05, 0.1) is 25.7 Å². The topological polar surface area (TPSA) is 74.2 Å². The molecule has 0 radical (unpaired) electrons. The molecule has 0 atom stereocenters. The van der Waals surface area contributed by atoms with Gasteiger partial charge in [0.15, 0.2) is 6.29 Å². The lowest BCUT2D eigenvalue weighted by molar-refractivity contribution is -0.142. The van der Waals surface area contributed by atoms with Crippen molar-refractivity contribution < 1.29 is 28.8 Å². The van der Waals surface area contributed by atoms with E-state index in [1.165, 1.54) is 0 Å². The Morgan fingerprint density at radius 1 is 1.15 bits per heavy atom. The van der Waals surface area contributed by atoms with Gasteiger partial charge in [0.25, 0.3) is 0 Å². The molecule has 1 fully saturated rings. The first kappa shape index (κ1) is 19.2. The van der Waals surface area contributed by atoms with E-state index in [9.17, 15) is 9.90 Å². The first-order valence-electron chi connectivity index (χ1n) is 8.78. The Labute approximate surface area is 158 Å². The standard InChI is InChI=1S/C21H24O6/c1-21(2,20(22)23)15-6-9-17(19-25-10-11-26-19)18(12-15)27-13-14-4-7-16(24-3)8-5-14/h4-9,12,19H,10-11,13H2,1-3H3,(H,22,23). The molecule has 1 saturated heterocycles. The summed E-state index contributed by atoms with van der Waals surface area (Å²) in [6.45, 7) is 4.71. The number of carbonyl (C=O) groups is 1. The van der Waals surface area contributed by atoms with Crippen LogP contribution in [0.5, 0.6) is 11.5 Å². The smallest absolute Gasteiger partial charge is 0.313 e. The Balaban J connectivity index is 1.87. The van der Waals surface area contributed by atoms with Crippen molar-refractivity contribution in [2.24, 2.45) is 0 Å². The molecule has 1 aliphatic rings. The molecule has 144 valence electrons. The van der Waals surface area contributed by atoms with Crippen molar-refractivity contribution in [3.63, 3.8) is 0 Å². The van der Waals surface area contributed by atoms with Crippen molar-refractivity contribution in [1.82, 2.24) is 0 Å². The van der Waals surface area contributed by atoms with E-state index >= 15 is 0 Å². The molecule has 27 heavy (non-hydrogen) atoms. The van der Waals surface area contributed by atoms with Gasteiger partial charge in [0.1, 0.15) is 18.1 Å². The second kappa shape index (κ2) is 7.98. The maximum Gasteiger partial charge on any atom is 0.313 e. The van der Waals surface area contributed by atoms with E-state index in [-0.39, 0.29) is 0 Å². The summed E-state index contributed by atoms with van der Waals surface area (Å²) < 4.78 is 22.4. The molecule has 0 spiro atoms. The number of aliphatic carboxylic acids is 1. The molecule has 2 aromatic carbocycles. The maximum absolute atomic E-state index is 11.6. The zero-order valence-electron chi connectivity index (χ0n) is 15.7. The third kappa shape index (κ3) is 4.23. The zero-order chi connectivity index (χ0) is 19.4. The molecular formula is C21H24O6. The molecular weight excluding hydrogens is 348 g/mol. The predicted octanol–water partition coefficient (Wildman–Crippen LogP) is 3.68. The minimum atomic E-state index is -1.03. The number of hydrogen-bond donors (Lipinski definition) is 1. The molecule has 3 rings (SSSR count). The van der Waals surface area contributed by atoms with Crippen LogP contribution in [0.4, 0.5) is 0 Å². The number of methoxy groups -OCH3 is 1. The largest absolute Gasteiger partial charge is 0.497 e. The SMILES string of the molecule is COc1ccc(COc2cc(C(C)(C)C(=O)O)ccc2C2OCCO2)cc1. The fraction of sp³-hybridized carbons (Fsp3) is 0.381. The van der Waals surface area contributed by atoms with E-state index in [2.05, 4.69) is 0 Å². The van der Waals surface area contributed by atoms with Crippen LogP contribution in [0.15, 0.2) is 42.5 Å². The van der Waals surface area contributed by atoms with Crippen LogP contribution in [0.2, 0.25) is 0 Å². The van der Waals surface area contributed by atoms with Crippen molar-refractivity contribution >= 4 is 5.97 Å². The van der Waals surface area contributed by atoms with Crippen LogP contribution in [-0.4, -0.2) is 31.4 Å². The predicted molar refractivity (Wildman–Crippen MR) is 99.1 cm³/mol. The number of benzene rings is 2. The Morgan fingerprint density at radius 3 is 2.41 bits per heavy atom. The van der Waals surface area contributed by atoms with Crippen molar-refractivity contribution in [3.8, 4) is 11.5 Å². The summed E-state index contributed by atoms with van der Waals surface area (Å²) in [5.41, 5.74) is 1.35. The third-order valence-corrected chi connectivity index (χ3v) is 4.70. The van der Waals surface area contributed by atoms with E-state index in [1.807, 2.05) is 30.3 Å². The summed E-state index contributed by atoms with van der Waals surface area (Å²) in [7, 11) is 1.62. The molecule has 2 aromatic rings. The van der Waals surface area contributed by atoms with E-state index in [1.54, 1.807) is 33.1 Å². The van der Waals surface area contributed by atoms with Gasteiger partial charge in [0.2, 0.25) is 0 Å². The number of carboxylic acid groups (broad SMARTS) is 1. The van der Waals surface area contributed by atoms with Crippen LogP contribution >= 0.6 is 0 Å². The van der Waals surface area contributed by atoms with E-state index in [0.29, 0.717) is 31.1 Å². The van der Waals surface area contributed by atoms with Crippen LogP contribution in [0, 0.1) is 0 Å². The minimum Gasteiger partial charge on any atom is -0.497 e. The van der Waals surface area contributed by atoms with Gasteiger partial charge in [-0.05, 0) is 49.2 Å². The minimum absolute atomic E-state index is 0.334. The van der Waals surface area contributed by atoms with Crippen LogP contribution in [0.1, 0.15) is 36.8 Å². The van der Waals surface area contributed by atoms with E-state index < -0.39 is 17.7 Å². The lowest BCUT2D eigenvalue weighted by Crippen LogP contribution is -2.28. The van der Waals surface area contributed by atoms with E-state index in [4.69, 9.17) is 18.9 Å². The molecule has 1 heterocycles. The third-order valence-electron chi connectivity index (χ3n) is 4.70. The molecule has 1 N–H and O–H groups in total. The summed E-state index contributed by atoms with van der Waals surface area (Å²) in [4.78, 5) is 11.6. The van der Waals surface area contributed by atoms with Crippen LogP contribution in [-0.2, 0) is 26.3 Å². The number of hydrogen-bond acceptors (Lipinski definition) is 5. The quantitative estimate of drug-likeness (QED) is 0.799. The van der Waals surface area contributed by atoms with Crippen LogP contribution in [0.25, 0.3) is 0 Å². The summed E-state index contributed by atoms with van der Waals surface area (Å²) in [6.07, 6.45) is -0.502.